The largest absolute Gasteiger partial charge is 0.494 e. The quantitative estimate of drug-likeness (QED) is 0.654. The second kappa shape index (κ2) is 10.5. The average molecular weight is 399 g/mol. The molecular formula is C22H29N3O4. The van der Waals surface area contributed by atoms with Crippen LogP contribution in [0.4, 0.5) is 10.5 Å². The highest BCUT2D eigenvalue weighted by molar-refractivity contribution is 5.93. The summed E-state index contributed by atoms with van der Waals surface area (Å²) in [6.45, 7) is 4.81. The fraction of sp³-hybridized carbons (Fsp3) is 0.455. The van der Waals surface area contributed by atoms with Crippen molar-refractivity contribution in [3.8, 4) is 5.75 Å². The van der Waals surface area contributed by atoms with E-state index in [1.165, 1.54) is 12.5 Å². The average Bonchev–Trinajstić information content (AvgIpc) is 3.28. The lowest BCUT2D eigenvalue weighted by atomic mass is 9.96. The van der Waals surface area contributed by atoms with Crippen LogP contribution in [0.15, 0.2) is 47.3 Å². The van der Waals surface area contributed by atoms with Crippen molar-refractivity contribution in [2.45, 2.75) is 32.6 Å². The number of urea groups is 1. The molecule has 3 rings (SSSR count). The molecule has 1 aliphatic heterocycles. The van der Waals surface area contributed by atoms with E-state index in [-0.39, 0.29) is 11.9 Å². The molecule has 0 spiro atoms. The second-order valence-electron chi connectivity index (χ2n) is 7.31. The molecule has 156 valence electrons. The van der Waals surface area contributed by atoms with Gasteiger partial charge in [-0.05, 0) is 55.5 Å². The number of hydrogen-bond acceptors (Lipinski definition) is 4. The molecule has 1 aromatic carbocycles. The number of rotatable bonds is 8. The molecule has 2 heterocycles. The number of carbonyl (C=O) groups is 2. The Hall–Kier alpha value is -2.96. The summed E-state index contributed by atoms with van der Waals surface area (Å²) < 4.78 is 10.6. The Balaban J connectivity index is 1.35. The third-order valence-electron chi connectivity index (χ3n) is 5.10. The van der Waals surface area contributed by atoms with Crippen LogP contribution in [-0.2, 0) is 0 Å². The van der Waals surface area contributed by atoms with Crippen molar-refractivity contribution in [1.82, 2.24) is 10.2 Å². The Bertz CT molecular complexity index is 766. The lowest BCUT2D eigenvalue weighted by Gasteiger charge is -2.31. The number of furan rings is 1. The molecule has 0 atom stereocenters. The maximum Gasteiger partial charge on any atom is 0.319 e. The Morgan fingerprint density at radius 1 is 1.17 bits per heavy atom. The number of amides is 3. The third-order valence-corrected chi connectivity index (χ3v) is 5.10. The standard InChI is InChI=1S/C22H29N3O4/c1-2-3-13-29-20-6-4-19(5-7-20)24-22(27)23-15-17-8-11-25(12-9-17)21(26)18-10-14-28-16-18/h4-7,10,14,16-17H,2-3,8-9,11-13,15H2,1H3,(H2,23,24,27). The molecular weight excluding hydrogens is 370 g/mol. The maximum atomic E-state index is 12.3. The number of hydrogen-bond donors (Lipinski definition) is 2. The molecule has 0 bridgehead atoms. The van der Waals surface area contributed by atoms with Crippen molar-refractivity contribution >= 4 is 17.6 Å². The number of nitrogens with one attached hydrogen (secondary N) is 2. The van der Waals surface area contributed by atoms with E-state index in [1.807, 2.05) is 29.2 Å². The molecule has 2 aromatic rings. The van der Waals surface area contributed by atoms with E-state index in [4.69, 9.17) is 9.15 Å². The van der Waals surface area contributed by atoms with Crippen LogP contribution < -0.4 is 15.4 Å². The number of anilines is 1. The summed E-state index contributed by atoms with van der Waals surface area (Å²) in [5.74, 6) is 1.18. The molecule has 0 unspecified atom stereocenters. The summed E-state index contributed by atoms with van der Waals surface area (Å²) in [5, 5.41) is 5.77. The molecule has 7 nitrogen and oxygen atoms in total. The van der Waals surface area contributed by atoms with E-state index in [0.717, 1.165) is 37.1 Å². The van der Waals surface area contributed by atoms with Crippen LogP contribution in [0.5, 0.6) is 5.75 Å². The predicted octanol–water partition coefficient (Wildman–Crippen LogP) is 4.13. The normalized spacial score (nSPS) is 14.4. The van der Waals surface area contributed by atoms with Gasteiger partial charge in [0.1, 0.15) is 12.0 Å². The number of nitrogens with zero attached hydrogens (tertiary/aromatic N) is 1. The van der Waals surface area contributed by atoms with Gasteiger partial charge in [0.25, 0.3) is 5.91 Å². The van der Waals surface area contributed by atoms with Crippen molar-refractivity contribution in [3.05, 3.63) is 48.4 Å². The summed E-state index contributed by atoms with van der Waals surface area (Å²) >= 11 is 0. The van der Waals surface area contributed by atoms with Crippen molar-refractivity contribution < 1.29 is 18.7 Å². The minimum absolute atomic E-state index is 0.00465. The number of benzene rings is 1. The van der Waals surface area contributed by atoms with Crippen LogP contribution in [0.2, 0.25) is 0 Å². The summed E-state index contributed by atoms with van der Waals surface area (Å²) in [5.41, 5.74) is 1.31. The lowest BCUT2D eigenvalue weighted by molar-refractivity contribution is 0.0690. The van der Waals surface area contributed by atoms with Gasteiger partial charge >= 0.3 is 6.03 Å². The summed E-state index contributed by atoms with van der Waals surface area (Å²) in [4.78, 5) is 26.3. The highest BCUT2D eigenvalue weighted by Gasteiger charge is 2.24. The van der Waals surface area contributed by atoms with Crippen molar-refractivity contribution in [1.29, 1.82) is 0 Å². The van der Waals surface area contributed by atoms with E-state index in [0.29, 0.717) is 37.7 Å². The first-order valence-corrected chi connectivity index (χ1v) is 10.2. The van der Waals surface area contributed by atoms with Gasteiger partial charge in [0.05, 0.1) is 18.4 Å². The Morgan fingerprint density at radius 2 is 1.93 bits per heavy atom. The van der Waals surface area contributed by atoms with Gasteiger partial charge in [-0.2, -0.15) is 0 Å². The molecule has 29 heavy (non-hydrogen) atoms. The first kappa shape index (κ1) is 20.8. The van der Waals surface area contributed by atoms with Crippen molar-refractivity contribution in [3.63, 3.8) is 0 Å². The first-order valence-electron chi connectivity index (χ1n) is 10.2. The molecule has 1 saturated heterocycles. The zero-order valence-corrected chi connectivity index (χ0v) is 16.9. The number of unbranched alkanes of at least 4 members (excludes halogenated alkanes) is 1. The van der Waals surface area contributed by atoms with E-state index in [9.17, 15) is 9.59 Å². The smallest absolute Gasteiger partial charge is 0.319 e. The van der Waals surface area contributed by atoms with Crippen LogP contribution >= 0.6 is 0 Å². The minimum Gasteiger partial charge on any atom is -0.494 e. The molecule has 1 aliphatic rings. The molecule has 1 fully saturated rings. The van der Waals surface area contributed by atoms with Crippen LogP contribution in [0, 0.1) is 5.92 Å². The van der Waals surface area contributed by atoms with Gasteiger partial charge in [-0.15, -0.1) is 0 Å². The van der Waals surface area contributed by atoms with Crippen LogP contribution in [-0.4, -0.2) is 43.1 Å². The summed E-state index contributed by atoms with van der Waals surface area (Å²) in [6, 6.07) is 8.85. The Morgan fingerprint density at radius 3 is 2.59 bits per heavy atom. The maximum absolute atomic E-state index is 12.3. The Kier molecular flexibility index (Phi) is 7.55. The SMILES string of the molecule is CCCCOc1ccc(NC(=O)NCC2CCN(C(=O)c3ccoc3)CC2)cc1. The van der Waals surface area contributed by atoms with E-state index in [2.05, 4.69) is 17.6 Å². The van der Waals surface area contributed by atoms with Crippen LogP contribution in [0.1, 0.15) is 43.0 Å². The van der Waals surface area contributed by atoms with Gasteiger partial charge in [0.2, 0.25) is 0 Å². The minimum atomic E-state index is -0.221. The molecule has 7 heteroatoms. The topological polar surface area (TPSA) is 83.8 Å². The van der Waals surface area contributed by atoms with Crippen molar-refractivity contribution in [2.24, 2.45) is 5.92 Å². The molecule has 0 aliphatic carbocycles. The van der Waals surface area contributed by atoms with E-state index in [1.54, 1.807) is 6.07 Å². The fourth-order valence-electron chi connectivity index (χ4n) is 3.29. The van der Waals surface area contributed by atoms with E-state index < -0.39 is 0 Å². The van der Waals surface area contributed by atoms with Gasteiger partial charge in [0, 0.05) is 25.3 Å². The molecule has 0 saturated carbocycles. The molecule has 1 aromatic heterocycles. The van der Waals surface area contributed by atoms with Crippen LogP contribution in [0.3, 0.4) is 0 Å². The highest BCUT2D eigenvalue weighted by Crippen LogP contribution is 2.19. The number of likely N-dealkylation sites (tertiary alicyclic amines) is 1. The molecule has 2 N–H and O–H groups in total. The molecule has 3 amide bonds. The van der Waals surface area contributed by atoms with Crippen molar-refractivity contribution in [2.75, 3.05) is 31.6 Å². The van der Waals surface area contributed by atoms with Crippen LogP contribution in [0.25, 0.3) is 0 Å². The monoisotopic (exact) mass is 399 g/mol. The predicted molar refractivity (Wildman–Crippen MR) is 111 cm³/mol. The van der Waals surface area contributed by atoms with Gasteiger partial charge in [-0.25, -0.2) is 4.79 Å². The third kappa shape index (κ3) is 6.27. The lowest BCUT2D eigenvalue weighted by Crippen LogP contribution is -2.42. The Labute approximate surface area is 171 Å². The summed E-state index contributed by atoms with van der Waals surface area (Å²) in [6.07, 6.45) is 6.85. The summed E-state index contributed by atoms with van der Waals surface area (Å²) in [7, 11) is 0. The zero-order chi connectivity index (χ0) is 20.5. The highest BCUT2D eigenvalue weighted by atomic mass is 16.5. The van der Waals surface area contributed by atoms with Gasteiger partial charge in [0.15, 0.2) is 0 Å². The number of ether oxygens (including phenoxy) is 1. The van der Waals surface area contributed by atoms with E-state index >= 15 is 0 Å². The number of carbonyl (C=O) groups excluding carboxylic acids is 2. The number of piperidine rings is 1. The van der Waals surface area contributed by atoms with Gasteiger partial charge < -0.3 is 24.7 Å². The first-order chi connectivity index (χ1) is 14.2. The van der Waals surface area contributed by atoms with Gasteiger partial charge in [-0.3, -0.25) is 4.79 Å². The zero-order valence-electron chi connectivity index (χ0n) is 16.9. The second-order valence-corrected chi connectivity index (χ2v) is 7.31. The fourth-order valence-corrected chi connectivity index (χ4v) is 3.29. The molecule has 0 radical (unpaired) electrons. The van der Waals surface area contributed by atoms with Gasteiger partial charge in [-0.1, -0.05) is 13.3 Å².